The van der Waals surface area contributed by atoms with E-state index < -0.39 is 5.60 Å². The van der Waals surface area contributed by atoms with Crippen LogP contribution < -0.4 is 0 Å². The molecule has 3 aromatic heterocycles. The van der Waals surface area contributed by atoms with E-state index >= 15 is 0 Å². The molecular weight excluding hydrogens is 444 g/mol. The van der Waals surface area contributed by atoms with Crippen molar-refractivity contribution in [2.24, 2.45) is 0 Å². The van der Waals surface area contributed by atoms with Gasteiger partial charge < -0.3 is 9.26 Å². The zero-order chi connectivity index (χ0) is 24.7. The fourth-order valence-electron chi connectivity index (χ4n) is 4.45. The fraction of sp³-hybridized carbons (Fsp3) is 0.423. The summed E-state index contributed by atoms with van der Waals surface area (Å²) in [7, 11) is 0. The fourth-order valence-corrected chi connectivity index (χ4v) is 4.45. The van der Waals surface area contributed by atoms with Gasteiger partial charge in [0.25, 0.3) is 5.89 Å². The van der Waals surface area contributed by atoms with Gasteiger partial charge >= 0.3 is 5.97 Å². The predicted octanol–water partition coefficient (Wildman–Crippen LogP) is 4.43. The average molecular weight is 475 g/mol. The van der Waals surface area contributed by atoms with Gasteiger partial charge in [-0.15, -0.1) is 0 Å². The number of ether oxygens (including phenoxy) is 1. The van der Waals surface area contributed by atoms with E-state index in [-0.39, 0.29) is 18.6 Å². The number of carbonyl (C=O) groups is 1. The molecule has 0 saturated carbocycles. The van der Waals surface area contributed by atoms with E-state index in [1.807, 2.05) is 43.7 Å². The van der Waals surface area contributed by atoms with Crippen LogP contribution in [-0.2, 0) is 22.5 Å². The second-order valence-corrected chi connectivity index (χ2v) is 10.2. The molecule has 182 valence electrons. The number of rotatable bonds is 5. The minimum Gasteiger partial charge on any atom is -0.459 e. The quantitative estimate of drug-likeness (QED) is 0.392. The number of carbonyl (C=O) groups excluding carboxylic acids is 1. The Kier molecular flexibility index (Phi) is 5.88. The standard InChI is InChI=1S/C26H30N6O3/c1-16(2)32-24-18(13-28-32)11-19(12-27-24)25-29-23(30-35-25)21-8-6-7-17-14-31(10-9-20(17)21)15-22(33)34-26(3,4)5/h6-8,11-13,16H,9-10,14-15H2,1-5H3. The molecule has 4 aromatic rings. The van der Waals surface area contributed by atoms with Crippen LogP contribution in [0.3, 0.4) is 0 Å². The van der Waals surface area contributed by atoms with Gasteiger partial charge in [-0.05, 0) is 58.2 Å². The number of hydrogen-bond donors (Lipinski definition) is 0. The van der Waals surface area contributed by atoms with Crippen LogP contribution >= 0.6 is 0 Å². The smallest absolute Gasteiger partial charge is 0.320 e. The maximum atomic E-state index is 12.3. The van der Waals surface area contributed by atoms with E-state index in [0.29, 0.717) is 18.3 Å². The number of fused-ring (bicyclic) bond motifs is 2. The third-order valence-corrected chi connectivity index (χ3v) is 5.95. The molecule has 4 heterocycles. The van der Waals surface area contributed by atoms with Crippen molar-refractivity contribution in [3.8, 4) is 22.8 Å². The van der Waals surface area contributed by atoms with Crippen LogP contribution in [-0.4, -0.2) is 54.5 Å². The largest absolute Gasteiger partial charge is 0.459 e. The molecule has 0 radical (unpaired) electrons. The lowest BCUT2D eigenvalue weighted by atomic mass is 9.94. The summed E-state index contributed by atoms with van der Waals surface area (Å²) < 4.78 is 13.0. The highest BCUT2D eigenvalue weighted by molar-refractivity contribution is 5.79. The number of pyridine rings is 1. The van der Waals surface area contributed by atoms with Crippen molar-refractivity contribution in [1.29, 1.82) is 0 Å². The lowest BCUT2D eigenvalue weighted by Crippen LogP contribution is -2.38. The number of aromatic nitrogens is 5. The van der Waals surface area contributed by atoms with Gasteiger partial charge in [0.05, 0.1) is 18.3 Å². The van der Waals surface area contributed by atoms with E-state index in [4.69, 9.17) is 9.26 Å². The van der Waals surface area contributed by atoms with E-state index in [9.17, 15) is 4.79 Å². The van der Waals surface area contributed by atoms with E-state index in [0.717, 1.165) is 40.7 Å². The first-order valence-corrected chi connectivity index (χ1v) is 11.9. The lowest BCUT2D eigenvalue weighted by Gasteiger charge is -2.30. The van der Waals surface area contributed by atoms with Crippen molar-refractivity contribution in [1.82, 2.24) is 29.8 Å². The lowest BCUT2D eigenvalue weighted by molar-refractivity contribution is -0.156. The summed E-state index contributed by atoms with van der Waals surface area (Å²) in [6, 6.07) is 8.30. The van der Waals surface area contributed by atoms with Gasteiger partial charge in [-0.2, -0.15) is 10.1 Å². The second kappa shape index (κ2) is 8.88. The Morgan fingerprint density at radius 2 is 2.06 bits per heavy atom. The summed E-state index contributed by atoms with van der Waals surface area (Å²) in [5.41, 5.74) is 4.41. The Hall–Kier alpha value is -3.59. The van der Waals surface area contributed by atoms with Crippen molar-refractivity contribution in [2.45, 2.75) is 59.2 Å². The Morgan fingerprint density at radius 1 is 1.23 bits per heavy atom. The van der Waals surface area contributed by atoms with Crippen molar-refractivity contribution in [3.05, 3.63) is 47.8 Å². The van der Waals surface area contributed by atoms with Crippen LogP contribution in [0.25, 0.3) is 33.9 Å². The normalized spacial score (nSPS) is 14.5. The third-order valence-electron chi connectivity index (χ3n) is 5.95. The first-order chi connectivity index (χ1) is 16.7. The van der Waals surface area contributed by atoms with Gasteiger partial charge in [0, 0.05) is 36.3 Å². The van der Waals surface area contributed by atoms with Crippen LogP contribution in [0.2, 0.25) is 0 Å². The van der Waals surface area contributed by atoms with Crippen molar-refractivity contribution in [3.63, 3.8) is 0 Å². The molecule has 35 heavy (non-hydrogen) atoms. The van der Waals surface area contributed by atoms with Crippen molar-refractivity contribution >= 4 is 17.0 Å². The molecule has 0 aliphatic carbocycles. The minimum atomic E-state index is -0.483. The zero-order valence-electron chi connectivity index (χ0n) is 20.8. The molecule has 9 heteroatoms. The maximum absolute atomic E-state index is 12.3. The van der Waals surface area contributed by atoms with E-state index in [1.54, 1.807) is 12.4 Å². The molecule has 0 fully saturated rings. The van der Waals surface area contributed by atoms with E-state index in [2.05, 4.69) is 45.0 Å². The molecule has 0 bridgehead atoms. The topological polar surface area (TPSA) is 99.2 Å². The third kappa shape index (κ3) is 4.81. The van der Waals surface area contributed by atoms with Gasteiger partial charge in [-0.25, -0.2) is 9.67 Å². The Labute approximate surface area is 204 Å². The molecule has 0 amide bonds. The first-order valence-electron chi connectivity index (χ1n) is 11.9. The molecule has 0 atom stereocenters. The maximum Gasteiger partial charge on any atom is 0.320 e. The molecule has 0 unspecified atom stereocenters. The Bertz CT molecular complexity index is 1380. The molecule has 0 spiro atoms. The van der Waals surface area contributed by atoms with Crippen LogP contribution in [0.15, 0.2) is 41.2 Å². The van der Waals surface area contributed by atoms with Crippen molar-refractivity contribution in [2.75, 3.05) is 13.1 Å². The monoisotopic (exact) mass is 474 g/mol. The molecule has 0 saturated heterocycles. The number of esters is 1. The number of nitrogens with zero attached hydrogens (tertiary/aromatic N) is 6. The highest BCUT2D eigenvalue weighted by atomic mass is 16.6. The predicted molar refractivity (Wildman–Crippen MR) is 131 cm³/mol. The molecule has 1 aliphatic rings. The summed E-state index contributed by atoms with van der Waals surface area (Å²) in [5, 5.41) is 9.62. The molecule has 0 N–H and O–H groups in total. The average Bonchev–Trinajstić information content (AvgIpc) is 3.44. The van der Waals surface area contributed by atoms with Crippen LogP contribution in [0, 0.1) is 0 Å². The highest BCUT2D eigenvalue weighted by Crippen LogP contribution is 2.31. The minimum absolute atomic E-state index is 0.204. The summed E-state index contributed by atoms with van der Waals surface area (Å²) in [6.45, 7) is 11.5. The Morgan fingerprint density at radius 3 is 2.83 bits per heavy atom. The van der Waals surface area contributed by atoms with E-state index in [1.165, 1.54) is 5.56 Å². The van der Waals surface area contributed by atoms with Crippen LogP contribution in [0.1, 0.15) is 51.8 Å². The first kappa shape index (κ1) is 23.2. The van der Waals surface area contributed by atoms with Gasteiger partial charge in [-0.1, -0.05) is 23.4 Å². The Balaban J connectivity index is 1.36. The molecule has 9 nitrogen and oxygen atoms in total. The number of hydrogen-bond acceptors (Lipinski definition) is 8. The van der Waals surface area contributed by atoms with Gasteiger partial charge in [0.2, 0.25) is 5.82 Å². The SMILES string of the molecule is CC(C)n1ncc2cc(-c3nc(-c4cccc5c4CCN(CC(=O)OC(C)(C)C)C5)no3)cnc21. The second-order valence-electron chi connectivity index (χ2n) is 10.2. The zero-order valence-corrected chi connectivity index (χ0v) is 20.8. The molecule has 5 rings (SSSR count). The molecule has 1 aromatic carbocycles. The molecule has 1 aliphatic heterocycles. The van der Waals surface area contributed by atoms with Gasteiger partial charge in [0.1, 0.15) is 5.60 Å². The summed E-state index contributed by atoms with van der Waals surface area (Å²) in [6.07, 6.45) is 4.34. The van der Waals surface area contributed by atoms with Crippen LogP contribution in [0.4, 0.5) is 0 Å². The van der Waals surface area contributed by atoms with Crippen molar-refractivity contribution < 1.29 is 14.1 Å². The summed E-state index contributed by atoms with van der Waals surface area (Å²) >= 11 is 0. The van der Waals surface area contributed by atoms with Crippen LogP contribution in [0.5, 0.6) is 0 Å². The van der Waals surface area contributed by atoms with Gasteiger partial charge in [-0.3, -0.25) is 9.69 Å². The number of benzene rings is 1. The molecular formula is C26H30N6O3. The highest BCUT2D eigenvalue weighted by Gasteiger charge is 2.25. The summed E-state index contributed by atoms with van der Waals surface area (Å²) in [5.74, 6) is 0.770. The summed E-state index contributed by atoms with van der Waals surface area (Å²) in [4.78, 5) is 23.6. The van der Waals surface area contributed by atoms with Gasteiger partial charge in [0.15, 0.2) is 5.65 Å².